The van der Waals surface area contributed by atoms with E-state index in [1.54, 1.807) is 0 Å². The van der Waals surface area contributed by atoms with Gasteiger partial charge in [-0.05, 0) is 37.8 Å². The van der Waals surface area contributed by atoms with Crippen LogP contribution in [0.3, 0.4) is 0 Å². The lowest BCUT2D eigenvalue weighted by atomic mass is 10.0. The zero-order valence-corrected chi connectivity index (χ0v) is 9.69. The lowest BCUT2D eigenvalue weighted by molar-refractivity contribution is -0.139. The number of ether oxygens (including phenoxy) is 1. The van der Waals surface area contributed by atoms with E-state index in [1.165, 1.54) is 5.56 Å². The summed E-state index contributed by atoms with van der Waals surface area (Å²) in [5.74, 6) is -0.157. The predicted molar refractivity (Wildman–Crippen MR) is 63.0 cm³/mol. The third-order valence-electron chi connectivity index (χ3n) is 3.17. The van der Waals surface area contributed by atoms with Gasteiger partial charge in [-0.1, -0.05) is 30.3 Å². The van der Waals surface area contributed by atoms with Gasteiger partial charge in [-0.3, -0.25) is 0 Å². The first-order valence-electron chi connectivity index (χ1n) is 5.61. The summed E-state index contributed by atoms with van der Waals surface area (Å²) in [5.41, 5.74) is 3.15. The molecule has 2 heteroatoms. The van der Waals surface area contributed by atoms with Crippen molar-refractivity contribution in [1.82, 2.24) is 0 Å². The zero-order valence-electron chi connectivity index (χ0n) is 9.69. The van der Waals surface area contributed by atoms with Gasteiger partial charge in [0, 0.05) is 5.57 Å². The maximum Gasteiger partial charge on any atom is 0.334 e. The van der Waals surface area contributed by atoms with Crippen LogP contribution >= 0.6 is 0 Å². The zero-order chi connectivity index (χ0) is 11.5. The Hall–Kier alpha value is -1.57. The van der Waals surface area contributed by atoms with Crippen molar-refractivity contribution in [2.24, 2.45) is 0 Å². The fraction of sp³-hybridized carbons (Fsp3) is 0.357. The van der Waals surface area contributed by atoms with Gasteiger partial charge >= 0.3 is 5.97 Å². The number of hydrogen-bond donors (Lipinski definition) is 0. The maximum atomic E-state index is 11.3. The molecule has 0 saturated heterocycles. The molecular weight excluding hydrogens is 200 g/mol. The van der Waals surface area contributed by atoms with E-state index in [4.69, 9.17) is 4.74 Å². The van der Waals surface area contributed by atoms with Crippen molar-refractivity contribution in [3.8, 4) is 0 Å². The molecule has 1 aliphatic heterocycles. The fourth-order valence-electron chi connectivity index (χ4n) is 1.93. The Morgan fingerprint density at radius 2 is 1.88 bits per heavy atom. The molecule has 0 radical (unpaired) electrons. The highest BCUT2D eigenvalue weighted by Gasteiger charge is 2.27. The average Bonchev–Trinajstić information content (AvgIpc) is 2.56. The molecule has 0 saturated carbocycles. The Balaban J connectivity index is 1.96. The molecule has 1 unspecified atom stereocenters. The number of esters is 1. The lowest BCUT2D eigenvalue weighted by Gasteiger charge is -2.11. The highest BCUT2D eigenvalue weighted by atomic mass is 16.5. The summed E-state index contributed by atoms with van der Waals surface area (Å²) in [5, 5.41) is 0. The minimum Gasteiger partial charge on any atom is -0.454 e. The molecule has 16 heavy (non-hydrogen) atoms. The summed E-state index contributed by atoms with van der Waals surface area (Å²) in [6.07, 6.45) is 1.80. The van der Waals surface area contributed by atoms with Crippen molar-refractivity contribution >= 4 is 5.97 Å². The second-order valence-corrected chi connectivity index (χ2v) is 4.23. The van der Waals surface area contributed by atoms with E-state index in [0.29, 0.717) is 0 Å². The van der Waals surface area contributed by atoms with E-state index in [0.717, 1.165) is 24.0 Å². The highest BCUT2D eigenvalue weighted by Crippen LogP contribution is 2.25. The molecule has 1 atom stereocenters. The van der Waals surface area contributed by atoms with Crippen molar-refractivity contribution in [1.29, 1.82) is 0 Å². The lowest BCUT2D eigenvalue weighted by Crippen LogP contribution is -2.11. The third kappa shape index (κ3) is 2.16. The monoisotopic (exact) mass is 216 g/mol. The van der Waals surface area contributed by atoms with Gasteiger partial charge in [-0.15, -0.1) is 0 Å². The number of benzene rings is 1. The van der Waals surface area contributed by atoms with Crippen molar-refractivity contribution in [3.05, 3.63) is 47.0 Å². The molecule has 0 aromatic heterocycles. The molecule has 1 aliphatic rings. The van der Waals surface area contributed by atoms with E-state index in [9.17, 15) is 4.79 Å². The van der Waals surface area contributed by atoms with Crippen LogP contribution < -0.4 is 0 Å². The van der Waals surface area contributed by atoms with E-state index in [2.05, 4.69) is 12.1 Å². The van der Waals surface area contributed by atoms with Crippen molar-refractivity contribution in [2.45, 2.75) is 32.8 Å². The van der Waals surface area contributed by atoms with Crippen LogP contribution in [0.2, 0.25) is 0 Å². The number of carbonyl (C=O) groups excluding carboxylic acids is 1. The molecule has 2 nitrogen and oxygen atoms in total. The number of cyclic esters (lactones) is 1. The predicted octanol–water partition coefficient (Wildman–Crippen LogP) is 2.88. The van der Waals surface area contributed by atoms with Crippen LogP contribution in [0.15, 0.2) is 41.5 Å². The molecular formula is C14H16O2. The molecule has 0 fully saturated rings. The standard InChI is InChI=1S/C14H16O2/c1-10-11(2)14(15)16-13(10)9-8-12-6-4-3-5-7-12/h3-7,13H,8-9H2,1-2H3. The Kier molecular flexibility index (Phi) is 3.09. The molecule has 0 spiro atoms. The van der Waals surface area contributed by atoms with E-state index in [-0.39, 0.29) is 12.1 Å². The van der Waals surface area contributed by atoms with Crippen LogP contribution in [0.25, 0.3) is 0 Å². The Morgan fingerprint density at radius 1 is 1.19 bits per heavy atom. The van der Waals surface area contributed by atoms with Crippen molar-refractivity contribution < 1.29 is 9.53 Å². The fourth-order valence-corrected chi connectivity index (χ4v) is 1.93. The maximum absolute atomic E-state index is 11.3. The molecule has 0 amide bonds. The molecule has 84 valence electrons. The van der Waals surface area contributed by atoms with Gasteiger partial charge in [-0.2, -0.15) is 0 Å². The largest absolute Gasteiger partial charge is 0.454 e. The molecule has 1 heterocycles. The normalized spacial score (nSPS) is 20.1. The van der Waals surface area contributed by atoms with Crippen LogP contribution in [0.4, 0.5) is 0 Å². The highest BCUT2D eigenvalue weighted by molar-refractivity contribution is 5.91. The molecule has 0 bridgehead atoms. The second kappa shape index (κ2) is 4.52. The van der Waals surface area contributed by atoms with Gasteiger partial charge in [0.25, 0.3) is 0 Å². The van der Waals surface area contributed by atoms with Crippen LogP contribution in [-0.2, 0) is 16.0 Å². The topological polar surface area (TPSA) is 26.3 Å². The summed E-state index contributed by atoms with van der Waals surface area (Å²) >= 11 is 0. The average molecular weight is 216 g/mol. The van der Waals surface area contributed by atoms with Gasteiger partial charge in [-0.25, -0.2) is 4.79 Å². The van der Waals surface area contributed by atoms with Gasteiger partial charge in [0.2, 0.25) is 0 Å². The van der Waals surface area contributed by atoms with E-state index in [1.807, 2.05) is 32.0 Å². The van der Waals surface area contributed by atoms with Crippen LogP contribution in [0.1, 0.15) is 25.8 Å². The van der Waals surface area contributed by atoms with Gasteiger partial charge < -0.3 is 4.74 Å². The van der Waals surface area contributed by atoms with Gasteiger partial charge in [0.1, 0.15) is 6.10 Å². The van der Waals surface area contributed by atoms with Crippen LogP contribution in [-0.4, -0.2) is 12.1 Å². The summed E-state index contributed by atoms with van der Waals surface area (Å²) in [6, 6.07) is 10.3. The molecule has 1 aromatic carbocycles. The summed E-state index contributed by atoms with van der Waals surface area (Å²) in [6.45, 7) is 3.82. The molecule has 0 aliphatic carbocycles. The summed E-state index contributed by atoms with van der Waals surface area (Å²) < 4.78 is 5.29. The summed E-state index contributed by atoms with van der Waals surface area (Å²) in [4.78, 5) is 11.3. The number of carbonyl (C=O) groups is 1. The quantitative estimate of drug-likeness (QED) is 0.726. The first-order chi connectivity index (χ1) is 7.68. The van der Waals surface area contributed by atoms with Gasteiger partial charge in [0.05, 0.1) is 0 Å². The van der Waals surface area contributed by atoms with Crippen LogP contribution in [0, 0.1) is 0 Å². The molecule has 0 N–H and O–H groups in total. The first kappa shape index (κ1) is 10.9. The van der Waals surface area contributed by atoms with Crippen LogP contribution in [0.5, 0.6) is 0 Å². The van der Waals surface area contributed by atoms with E-state index < -0.39 is 0 Å². The minimum atomic E-state index is -0.157. The SMILES string of the molecule is CC1=C(C)C(CCc2ccccc2)OC1=O. The summed E-state index contributed by atoms with van der Waals surface area (Å²) in [7, 11) is 0. The number of hydrogen-bond acceptors (Lipinski definition) is 2. The Bertz CT molecular complexity index is 418. The number of rotatable bonds is 3. The van der Waals surface area contributed by atoms with Crippen molar-refractivity contribution in [3.63, 3.8) is 0 Å². The smallest absolute Gasteiger partial charge is 0.334 e. The first-order valence-corrected chi connectivity index (χ1v) is 5.61. The number of aryl methyl sites for hydroxylation is 1. The Labute approximate surface area is 95.9 Å². The third-order valence-corrected chi connectivity index (χ3v) is 3.17. The Morgan fingerprint density at radius 3 is 2.44 bits per heavy atom. The minimum absolute atomic E-state index is 0.0206. The van der Waals surface area contributed by atoms with E-state index >= 15 is 0 Å². The van der Waals surface area contributed by atoms with Crippen molar-refractivity contribution in [2.75, 3.05) is 0 Å². The molecule has 2 rings (SSSR count). The molecule has 1 aromatic rings. The second-order valence-electron chi connectivity index (χ2n) is 4.23. The van der Waals surface area contributed by atoms with Gasteiger partial charge in [0.15, 0.2) is 0 Å².